The molecule has 1 amide bonds. The SMILES string of the molecule is COCC(=O)N1CCC[C@H](CCc2c(F)cccc2F)C1. The first kappa shape index (κ1) is 15.9. The molecule has 1 heterocycles. The fraction of sp³-hybridized carbons (Fsp3) is 0.562. The molecule has 1 aromatic carbocycles. The van der Waals surface area contributed by atoms with E-state index >= 15 is 0 Å². The van der Waals surface area contributed by atoms with Crippen molar-refractivity contribution in [3.63, 3.8) is 0 Å². The van der Waals surface area contributed by atoms with Crippen molar-refractivity contribution >= 4 is 5.91 Å². The van der Waals surface area contributed by atoms with E-state index in [4.69, 9.17) is 4.74 Å². The van der Waals surface area contributed by atoms with Gasteiger partial charge in [-0.15, -0.1) is 0 Å². The van der Waals surface area contributed by atoms with E-state index in [2.05, 4.69) is 0 Å². The topological polar surface area (TPSA) is 29.5 Å². The van der Waals surface area contributed by atoms with E-state index < -0.39 is 11.6 Å². The van der Waals surface area contributed by atoms with Gasteiger partial charge in [-0.05, 0) is 43.7 Å². The van der Waals surface area contributed by atoms with E-state index in [1.807, 2.05) is 0 Å². The van der Waals surface area contributed by atoms with Gasteiger partial charge < -0.3 is 9.64 Å². The zero-order valence-corrected chi connectivity index (χ0v) is 12.3. The number of methoxy groups -OCH3 is 1. The van der Waals surface area contributed by atoms with E-state index in [-0.39, 0.29) is 18.1 Å². The zero-order chi connectivity index (χ0) is 15.2. The molecule has 1 atom stereocenters. The molecule has 2 rings (SSSR count). The van der Waals surface area contributed by atoms with Crippen LogP contribution in [0, 0.1) is 17.6 Å². The number of hydrogen-bond acceptors (Lipinski definition) is 2. The van der Waals surface area contributed by atoms with Crippen LogP contribution >= 0.6 is 0 Å². The zero-order valence-electron chi connectivity index (χ0n) is 12.3. The monoisotopic (exact) mass is 297 g/mol. The molecule has 1 aromatic rings. The number of piperidine rings is 1. The summed E-state index contributed by atoms with van der Waals surface area (Å²) in [5, 5.41) is 0. The summed E-state index contributed by atoms with van der Waals surface area (Å²) in [6.07, 6.45) is 2.98. The minimum atomic E-state index is -0.488. The first-order valence-electron chi connectivity index (χ1n) is 7.31. The summed E-state index contributed by atoms with van der Waals surface area (Å²) >= 11 is 0. The Kier molecular flexibility index (Phi) is 5.67. The second-order valence-electron chi connectivity index (χ2n) is 5.52. The van der Waals surface area contributed by atoms with Crippen LogP contribution in [-0.2, 0) is 16.0 Å². The number of likely N-dealkylation sites (tertiary alicyclic amines) is 1. The van der Waals surface area contributed by atoms with Crippen molar-refractivity contribution in [3.05, 3.63) is 35.4 Å². The van der Waals surface area contributed by atoms with Crippen molar-refractivity contribution < 1.29 is 18.3 Å². The van der Waals surface area contributed by atoms with Crippen molar-refractivity contribution in [2.45, 2.75) is 25.7 Å². The lowest BCUT2D eigenvalue weighted by atomic mass is 9.91. The van der Waals surface area contributed by atoms with Crippen LogP contribution in [0.3, 0.4) is 0 Å². The number of rotatable bonds is 5. The van der Waals surface area contributed by atoms with Crippen LogP contribution in [0.4, 0.5) is 8.78 Å². The number of nitrogens with zero attached hydrogens (tertiary/aromatic N) is 1. The van der Waals surface area contributed by atoms with Crippen molar-refractivity contribution in [1.29, 1.82) is 0 Å². The van der Waals surface area contributed by atoms with Crippen molar-refractivity contribution in [3.8, 4) is 0 Å². The predicted octanol–water partition coefficient (Wildman–Crippen LogP) is 2.78. The minimum Gasteiger partial charge on any atom is -0.375 e. The molecule has 1 aliphatic rings. The summed E-state index contributed by atoms with van der Waals surface area (Å²) in [5.74, 6) is -0.700. The standard InChI is InChI=1S/C16H21F2NO2/c1-21-11-16(20)19-9-3-4-12(10-19)7-8-13-14(17)5-2-6-15(13)18/h2,5-6,12H,3-4,7-11H2,1H3/t12-/m1/s1. The van der Waals surface area contributed by atoms with Gasteiger partial charge in [0, 0.05) is 25.8 Å². The van der Waals surface area contributed by atoms with Crippen molar-refractivity contribution in [1.82, 2.24) is 4.90 Å². The average molecular weight is 297 g/mol. The molecule has 1 aliphatic heterocycles. The Hall–Kier alpha value is -1.49. The molecule has 0 saturated carbocycles. The van der Waals surface area contributed by atoms with Crippen LogP contribution in [0.25, 0.3) is 0 Å². The summed E-state index contributed by atoms with van der Waals surface area (Å²) in [6, 6.07) is 3.95. The maximum Gasteiger partial charge on any atom is 0.248 e. The predicted molar refractivity (Wildman–Crippen MR) is 75.9 cm³/mol. The smallest absolute Gasteiger partial charge is 0.248 e. The van der Waals surface area contributed by atoms with Gasteiger partial charge in [0.2, 0.25) is 5.91 Å². The molecule has 0 radical (unpaired) electrons. The van der Waals surface area contributed by atoms with Crippen molar-refractivity contribution in [2.75, 3.05) is 26.8 Å². The second kappa shape index (κ2) is 7.50. The molecule has 116 valence electrons. The van der Waals surface area contributed by atoms with Gasteiger partial charge in [-0.3, -0.25) is 4.79 Å². The molecule has 21 heavy (non-hydrogen) atoms. The van der Waals surface area contributed by atoms with Crippen LogP contribution in [0.5, 0.6) is 0 Å². The molecule has 0 unspecified atom stereocenters. The molecule has 5 heteroatoms. The third-order valence-electron chi connectivity index (χ3n) is 4.00. The first-order valence-corrected chi connectivity index (χ1v) is 7.31. The lowest BCUT2D eigenvalue weighted by molar-refractivity contribution is -0.137. The number of carbonyl (C=O) groups is 1. The third kappa shape index (κ3) is 4.24. The Morgan fingerprint density at radius 2 is 2.10 bits per heavy atom. The second-order valence-corrected chi connectivity index (χ2v) is 5.52. The quantitative estimate of drug-likeness (QED) is 0.836. The summed E-state index contributed by atoms with van der Waals surface area (Å²) in [7, 11) is 1.50. The molecule has 1 saturated heterocycles. The fourth-order valence-electron chi connectivity index (χ4n) is 2.86. The Bertz CT molecular complexity index is 473. The summed E-state index contributed by atoms with van der Waals surface area (Å²) < 4.78 is 32.0. The molecule has 0 N–H and O–H groups in total. The van der Waals surface area contributed by atoms with Gasteiger partial charge in [0.05, 0.1) is 0 Å². The van der Waals surface area contributed by atoms with E-state index in [9.17, 15) is 13.6 Å². The Labute approximate surface area is 123 Å². The van der Waals surface area contributed by atoms with Gasteiger partial charge in [-0.1, -0.05) is 6.07 Å². The molecule has 0 aliphatic carbocycles. The molecule has 0 aromatic heterocycles. The van der Waals surface area contributed by atoms with Crippen LogP contribution in [0.15, 0.2) is 18.2 Å². The lowest BCUT2D eigenvalue weighted by Crippen LogP contribution is -2.41. The maximum atomic E-state index is 13.6. The van der Waals surface area contributed by atoms with Gasteiger partial charge in [-0.25, -0.2) is 8.78 Å². The average Bonchev–Trinajstić information content (AvgIpc) is 2.47. The highest BCUT2D eigenvalue weighted by atomic mass is 19.1. The summed E-state index contributed by atoms with van der Waals surface area (Å²) in [5.41, 5.74) is 0.151. The van der Waals surface area contributed by atoms with Gasteiger partial charge >= 0.3 is 0 Å². The Balaban J connectivity index is 1.90. The van der Waals surface area contributed by atoms with E-state index in [1.54, 1.807) is 4.90 Å². The molecule has 0 bridgehead atoms. The molecular weight excluding hydrogens is 276 g/mol. The number of hydrogen-bond donors (Lipinski definition) is 0. The molecular formula is C16H21F2NO2. The number of amides is 1. The summed E-state index contributed by atoms with van der Waals surface area (Å²) in [6.45, 7) is 1.49. The molecule has 3 nitrogen and oxygen atoms in total. The minimum absolute atomic E-state index is 0.0146. The van der Waals surface area contributed by atoms with E-state index in [0.29, 0.717) is 25.3 Å². The lowest BCUT2D eigenvalue weighted by Gasteiger charge is -2.32. The van der Waals surface area contributed by atoms with Gasteiger partial charge in [-0.2, -0.15) is 0 Å². The van der Waals surface area contributed by atoms with Gasteiger partial charge in [0.25, 0.3) is 0 Å². The van der Waals surface area contributed by atoms with Crippen LogP contribution in [0.2, 0.25) is 0 Å². The van der Waals surface area contributed by atoms with Gasteiger partial charge in [0.1, 0.15) is 18.2 Å². The van der Waals surface area contributed by atoms with Gasteiger partial charge in [0.15, 0.2) is 0 Å². The fourth-order valence-corrected chi connectivity index (χ4v) is 2.86. The van der Waals surface area contributed by atoms with Crippen LogP contribution < -0.4 is 0 Å². The van der Waals surface area contributed by atoms with Crippen molar-refractivity contribution in [2.24, 2.45) is 5.92 Å². The highest BCUT2D eigenvalue weighted by molar-refractivity contribution is 5.77. The van der Waals surface area contributed by atoms with Crippen LogP contribution in [-0.4, -0.2) is 37.6 Å². The number of halogens is 2. The molecule has 0 spiro atoms. The number of benzene rings is 1. The number of carbonyl (C=O) groups excluding carboxylic acids is 1. The normalized spacial score (nSPS) is 18.8. The van der Waals surface area contributed by atoms with E-state index in [1.165, 1.54) is 25.3 Å². The highest BCUT2D eigenvalue weighted by Gasteiger charge is 2.23. The largest absolute Gasteiger partial charge is 0.375 e. The third-order valence-corrected chi connectivity index (χ3v) is 4.00. The van der Waals surface area contributed by atoms with E-state index in [0.717, 1.165) is 19.4 Å². The summed E-state index contributed by atoms with van der Waals surface area (Å²) in [4.78, 5) is 13.6. The molecule has 1 fully saturated rings. The first-order chi connectivity index (χ1) is 10.1. The Morgan fingerprint density at radius 3 is 2.76 bits per heavy atom. The number of ether oxygens (including phenoxy) is 1. The Morgan fingerprint density at radius 1 is 1.38 bits per heavy atom. The highest BCUT2D eigenvalue weighted by Crippen LogP contribution is 2.23. The maximum absolute atomic E-state index is 13.6. The van der Waals surface area contributed by atoms with Crippen LogP contribution in [0.1, 0.15) is 24.8 Å².